The van der Waals surface area contributed by atoms with Crippen LogP contribution in [0.3, 0.4) is 0 Å². The third-order valence-electron chi connectivity index (χ3n) is 8.99. The molecule has 6 N–H and O–H groups in total. The Kier molecular flexibility index (Phi) is 12.7. The number of hydrogen-bond acceptors (Lipinski definition) is 6. The summed E-state index contributed by atoms with van der Waals surface area (Å²) in [7, 11) is 0. The second-order valence-corrected chi connectivity index (χ2v) is 12.3. The first-order valence-corrected chi connectivity index (χ1v) is 16.4. The predicted octanol–water partition coefficient (Wildman–Crippen LogP) is 3.48. The zero-order chi connectivity index (χ0) is 32.2. The molecule has 2 heterocycles. The SMILES string of the molecule is N=C(N)CCCCC(NC(=O)[C@@H]1CCCN1C(=O)C(N)C(c1ccccc1)c1ccccc1)C(=O)CCC(=O)N1CCCCC1. The Morgan fingerprint density at radius 2 is 1.44 bits per heavy atom. The van der Waals surface area contributed by atoms with Crippen LogP contribution in [0, 0.1) is 5.41 Å². The normalized spacial score (nSPS) is 18.0. The number of piperidine rings is 1. The van der Waals surface area contributed by atoms with Crippen LogP contribution in [-0.4, -0.2) is 76.9 Å². The van der Waals surface area contributed by atoms with Crippen LogP contribution in [0.25, 0.3) is 0 Å². The Balaban J connectivity index is 1.44. The topological polar surface area (TPSA) is 163 Å². The van der Waals surface area contributed by atoms with Gasteiger partial charge in [0.25, 0.3) is 0 Å². The first-order valence-electron chi connectivity index (χ1n) is 16.4. The van der Waals surface area contributed by atoms with Crippen molar-refractivity contribution >= 4 is 29.3 Å². The maximum atomic E-state index is 14.0. The molecule has 2 saturated heterocycles. The molecular weight excluding hydrogens is 568 g/mol. The molecule has 0 aromatic heterocycles. The number of nitrogens with one attached hydrogen (secondary N) is 2. The molecule has 0 aliphatic carbocycles. The molecule has 2 aliphatic rings. The van der Waals surface area contributed by atoms with Crippen molar-refractivity contribution in [1.82, 2.24) is 15.1 Å². The third kappa shape index (κ3) is 9.47. The van der Waals surface area contributed by atoms with E-state index in [1.165, 1.54) is 0 Å². The zero-order valence-corrected chi connectivity index (χ0v) is 26.2. The largest absolute Gasteiger partial charge is 0.388 e. The lowest BCUT2D eigenvalue weighted by atomic mass is 9.84. The third-order valence-corrected chi connectivity index (χ3v) is 8.99. The van der Waals surface area contributed by atoms with Gasteiger partial charge in [-0.15, -0.1) is 0 Å². The van der Waals surface area contributed by atoms with E-state index in [1.807, 2.05) is 65.6 Å². The van der Waals surface area contributed by atoms with Crippen LogP contribution in [0.5, 0.6) is 0 Å². The summed E-state index contributed by atoms with van der Waals surface area (Å²) in [6, 6.07) is 16.9. The lowest BCUT2D eigenvalue weighted by Crippen LogP contribution is -2.55. The van der Waals surface area contributed by atoms with E-state index in [-0.39, 0.29) is 42.2 Å². The van der Waals surface area contributed by atoms with Gasteiger partial charge in [-0.25, -0.2) is 0 Å². The molecule has 0 saturated carbocycles. The van der Waals surface area contributed by atoms with Crippen LogP contribution in [0.4, 0.5) is 0 Å². The first-order chi connectivity index (χ1) is 21.8. The average molecular weight is 617 g/mol. The highest BCUT2D eigenvalue weighted by molar-refractivity contribution is 5.95. The van der Waals surface area contributed by atoms with Gasteiger partial charge in [-0.1, -0.05) is 67.1 Å². The molecule has 45 heavy (non-hydrogen) atoms. The molecular formula is C35H48N6O4. The molecule has 2 aromatic carbocycles. The number of Topliss-reactive ketones (excluding diaryl/α,β-unsaturated/α-hetero) is 1. The number of amidine groups is 1. The van der Waals surface area contributed by atoms with Crippen LogP contribution in [0.1, 0.15) is 87.7 Å². The first kappa shape index (κ1) is 33.8. The molecule has 3 atom stereocenters. The molecule has 3 amide bonds. The number of benzene rings is 2. The van der Waals surface area contributed by atoms with Gasteiger partial charge in [0.05, 0.1) is 17.9 Å². The highest BCUT2D eigenvalue weighted by Gasteiger charge is 2.40. The Morgan fingerprint density at radius 1 is 0.822 bits per heavy atom. The van der Waals surface area contributed by atoms with Crippen molar-refractivity contribution in [2.75, 3.05) is 19.6 Å². The molecule has 2 fully saturated rings. The van der Waals surface area contributed by atoms with E-state index >= 15 is 0 Å². The standard InChI is InChI=1S/C35H48N6O4/c36-30(37)19-9-8-17-27(29(42)20-21-31(43)40-22-10-3-11-23-40)39-34(44)28-18-12-24-41(28)35(45)33(38)32(25-13-4-1-5-14-25)26-15-6-2-7-16-26/h1-2,4-7,13-16,27-28,32-33H,3,8-12,17-24,38H2,(H3,36,37)(H,39,44)/t27?,28-,33?/m0/s1. The number of ketones is 1. The number of likely N-dealkylation sites (tertiary alicyclic amines) is 2. The Morgan fingerprint density at radius 3 is 2.04 bits per heavy atom. The second-order valence-electron chi connectivity index (χ2n) is 12.3. The molecule has 10 nitrogen and oxygen atoms in total. The fraction of sp³-hybridized carbons (Fsp3) is 0.514. The van der Waals surface area contributed by atoms with Gasteiger partial charge < -0.3 is 26.6 Å². The minimum absolute atomic E-state index is 0.0300. The summed E-state index contributed by atoms with van der Waals surface area (Å²) in [6.07, 6.45) is 6.34. The second kappa shape index (κ2) is 16.9. The summed E-state index contributed by atoms with van der Waals surface area (Å²) in [6.45, 7) is 1.85. The van der Waals surface area contributed by atoms with Gasteiger partial charge >= 0.3 is 0 Å². The summed E-state index contributed by atoms with van der Waals surface area (Å²) in [5, 5.41) is 10.4. The van der Waals surface area contributed by atoms with Crippen molar-refractivity contribution in [1.29, 1.82) is 5.41 Å². The fourth-order valence-corrected chi connectivity index (χ4v) is 6.52. The predicted molar refractivity (Wildman–Crippen MR) is 174 cm³/mol. The van der Waals surface area contributed by atoms with Crippen LogP contribution in [0.15, 0.2) is 60.7 Å². The van der Waals surface area contributed by atoms with Gasteiger partial charge in [0.2, 0.25) is 17.7 Å². The molecule has 4 rings (SSSR count). The van der Waals surface area contributed by atoms with E-state index in [1.54, 1.807) is 4.90 Å². The summed E-state index contributed by atoms with van der Waals surface area (Å²) in [5.74, 6) is -1.22. The molecule has 2 aliphatic heterocycles. The van der Waals surface area contributed by atoms with E-state index in [0.29, 0.717) is 45.1 Å². The van der Waals surface area contributed by atoms with E-state index in [9.17, 15) is 19.2 Å². The number of nitrogens with two attached hydrogens (primary N) is 2. The molecule has 0 spiro atoms. The van der Waals surface area contributed by atoms with Gasteiger partial charge in [0.1, 0.15) is 6.04 Å². The number of unbranched alkanes of at least 4 members (excludes halogenated alkanes) is 1. The summed E-state index contributed by atoms with van der Waals surface area (Å²) >= 11 is 0. The van der Waals surface area contributed by atoms with Crippen molar-refractivity contribution < 1.29 is 19.2 Å². The van der Waals surface area contributed by atoms with Crippen LogP contribution in [0.2, 0.25) is 0 Å². The lowest BCUT2D eigenvalue weighted by molar-refractivity contribution is -0.140. The van der Waals surface area contributed by atoms with Crippen molar-refractivity contribution in [2.45, 2.75) is 94.7 Å². The zero-order valence-electron chi connectivity index (χ0n) is 26.2. The smallest absolute Gasteiger partial charge is 0.243 e. The maximum Gasteiger partial charge on any atom is 0.243 e. The minimum Gasteiger partial charge on any atom is -0.388 e. The van der Waals surface area contributed by atoms with Gasteiger partial charge in [-0.3, -0.25) is 24.6 Å². The number of amides is 3. The molecule has 0 radical (unpaired) electrons. The van der Waals surface area contributed by atoms with Crippen LogP contribution in [-0.2, 0) is 19.2 Å². The van der Waals surface area contributed by atoms with E-state index < -0.39 is 24.0 Å². The Labute approximate surface area is 266 Å². The van der Waals surface area contributed by atoms with Crippen LogP contribution >= 0.6 is 0 Å². The lowest BCUT2D eigenvalue weighted by Gasteiger charge is -2.31. The highest BCUT2D eigenvalue weighted by atomic mass is 16.2. The van der Waals surface area contributed by atoms with E-state index in [2.05, 4.69) is 5.32 Å². The molecule has 0 bridgehead atoms. The highest BCUT2D eigenvalue weighted by Crippen LogP contribution is 2.30. The van der Waals surface area contributed by atoms with Crippen molar-refractivity contribution in [2.24, 2.45) is 11.5 Å². The molecule has 2 unspecified atom stereocenters. The minimum atomic E-state index is -0.909. The van der Waals surface area contributed by atoms with Gasteiger partial charge in [0, 0.05) is 44.8 Å². The van der Waals surface area contributed by atoms with Gasteiger partial charge in [0.15, 0.2) is 5.78 Å². The molecule has 10 heteroatoms. The van der Waals surface area contributed by atoms with Gasteiger partial charge in [-0.2, -0.15) is 0 Å². The molecule has 2 aromatic rings. The van der Waals surface area contributed by atoms with Crippen LogP contribution < -0.4 is 16.8 Å². The van der Waals surface area contributed by atoms with Crippen molar-refractivity contribution in [3.05, 3.63) is 71.8 Å². The number of nitrogens with zero attached hydrogens (tertiary/aromatic N) is 2. The number of carbonyl (C=O) groups excluding carboxylic acids is 4. The number of rotatable bonds is 15. The summed E-state index contributed by atoms with van der Waals surface area (Å²) in [5.41, 5.74) is 14.0. The summed E-state index contributed by atoms with van der Waals surface area (Å²) in [4.78, 5) is 57.2. The summed E-state index contributed by atoms with van der Waals surface area (Å²) < 4.78 is 0. The monoisotopic (exact) mass is 616 g/mol. The number of carbonyl (C=O) groups is 4. The Hall–Kier alpha value is -4.05. The van der Waals surface area contributed by atoms with Gasteiger partial charge in [-0.05, 0) is 56.1 Å². The molecule has 242 valence electrons. The van der Waals surface area contributed by atoms with Crippen molar-refractivity contribution in [3.8, 4) is 0 Å². The fourth-order valence-electron chi connectivity index (χ4n) is 6.52. The quantitative estimate of drug-likeness (QED) is 0.136. The number of hydrogen-bond donors (Lipinski definition) is 4. The van der Waals surface area contributed by atoms with E-state index in [4.69, 9.17) is 16.9 Å². The Bertz CT molecular complexity index is 1260. The average Bonchev–Trinajstić information content (AvgIpc) is 3.56. The van der Waals surface area contributed by atoms with E-state index in [0.717, 1.165) is 43.5 Å². The maximum absolute atomic E-state index is 14.0. The van der Waals surface area contributed by atoms with Crippen molar-refractivity contribution in [3.63, 3.8) is 0 Å².